The minimum absolute atomic E-state index is 0.0366. The molecule has 0 amide bonds. The molecule has 6 heteroatoms. The molecule has 2 heterocycles. The first-order valence-corrected chi connectivity index (χ1v) is 7.01. The Morgan fingerprint density at radius 3 is 2.73 bits per heavy atom. The standard InChI is InChI=1S/C16H13NO5/c18-15-12-3-1-2-4-14(12)22-16(15)8-7-10-9-11(17(19)20)5-6-13(10)21-16/h1-6,9,15,18H,7-8H2/t15-,16+/m0/s1. The topological polar surface area (TPSA) is 81.8 Å². The zero-order valence-corrected chi connectivity index (χ0v) is 11.6. The molecule has 6 nitrogen and oxygen atoms in total. The van der Waals surface area contributed by atoms with Gasteiger partial charge in [0.25, 0.3) is 11.5 Å². The number of aliphatic hydroxyl groups is 1. The smallest absolute Gasteiger partial charge is 0.281 e. The largest absolute Gasteiger partial charge is 0.449 e. The van der Waals surface area contributed by atoms with Crippen molar-refractivity contribution >= 4 is 5.69 Å². The fraction of sp³-hybridized carbons (Fsp3) is 0.250. The molecule has 0 aromatic heterocycles. The highest BCUT2D eigenvalue weighted by Crippen LogP contribution is 2.49. The van der Waals surface area contributed by atoms with Gasteiger partial charge in [0.2, 0.25) is 0 Å². The Kier molecular flexibility index (Phi) is 2.65. The quantitative estimate of drug-likeness (QED) is 0.646. The van der Waals surface area contributed by atoms with E-state index < -0.39 is 16.8 Å². The molecule has 112 valence electrons. The van der Waals surface area contributed by atoms with E-state index in [1.54, 1.807) is 12.1 Å². The van der Waals surface area contributed by atoms with Crippen LogP contribution in [0.5, 0.6) is 11.5 Å². The minimum atomic E-state index is -1.15. The van der Waals surface area contributed by atoms with E-state index >= 15 is 0 Å². The van der Waals surface area contributed by atoms with Gasteiger partial charge in [-0.25, -0.2) is 0 Å². The molecule has 2 aromatic rings. The van der Waals surface area contributed by atoms with Crippen LogP contribution in [0.1, 0.15) is 23.7 Å². The van der Waals surface area contributed by atoms with Crippen LogP contribution in [0.4, 0.5) is 5.69 Å². The van der Waals surface area contributed by atoms with E-state index in [0.29, 0.717) is 29.9 Å². The second kappa shape index (κ2) is 4.45. The molecule has 0 saturated heterocycles. The zero-order chi connectivity index (χ0) is 15.3. The van der Waals surface area contributed by atoms with Gasteiger partial charge >= 0.3 is 0 Å². The van der Waals surface area contributed by atoms with Gasteiger partial charge in [-0.1, -0.05) is 18.2 Å². The number of nitrogens with zero attached hydrogens (tertiary/aromatic N) is 1. The molecule has 2 atom stereocenters. The average Bonchev–Trinajstić information content (AvgIpc) is 2.79. The Hall–Kier alpha value is -2.60. The third-order valence-corrected chi connectivity index (χ3v) is 4.19. The van der Waals surface area contributed by atoms with Gasteiger partial charge in [0.05, 0.1) is 4.92 Å². The predicted octanol–water partition coefficient (Wildman–Crippen LogP) is 2.74. The van der Waals surface area contributed by atoms with Crippen LogP contribution in [0.25, 0.3) is 0 Å². The molecule has 2 aliphatic rings. The van der Waals surface area contributed by atoms with Crippen LogP contribution in [0.15, 0.2) is 42.5 Å². The minimum Gasteiger partial charge on any atom is -0.449 e. The number of benzene rings is 2. The number of nitro benzene ring substituents is 1. The van der Waals surface area contributed by atoms with Crippen LogP contribution in [0.3, 0.4) is 0 Å². The van der Waals surface area contributed by atoms with Crippen LogP contribution in [-0.2, 0) is 6.42 Å². The number of para-hydroxylation sites is 1. The summed E-state index contributed by atoms with van der Waals surface area (Å²) in [5, 5.41) is 21.4. The molecular formula is C16H13NO5. The normalized spacial score (nSPS) is 25.0. The summed E-state index contributed by atoms with van der Waals surface area (Å²) in [6.45, 7) is 0. The van der Waals surface area contributed by atoms with E-state index in [4.69, 9.17) is 9.47 Å². The lowest BCUT2D eigenvalue weighted by atomic mass is 9.94. The molecule has 2 aliphatic heterocycles. The fourth-order valence-electron chi connectivity index (χ4n) is 3.06. The average molecular weight is 299 g/mol. The van der Waals surface area contributed by atoms with Gasteiger partial charge in [-0.2, -0.15) is 0 Å². The number of hydrogen-bond donors (Lipinski definition) is 1. The second-order valence-corrected chi connectivity index (χ2v) is 5.51. The van der Waals surface area contributed by atoms with Gasteiger partial charge in [-0.15, -0.1) is 0 Å². The van der Waals surface area contributed by atoms with Crippen molar-refractivity contribution < 1.29 is 19.5 Å². The molecule has 1 spiro atoms. The maximum Gasteiger partial charge on any atom is 0.281 e. The summed E-state index contributed by atoms with van der Waals surface area (Å²) in [5.74, 6) is -0.0172. The highest BCUT2D eigenvalue weighted by atomic mass is 16.7. The first kappa shape index (κ1) is 13.1. The first-order valence-electron chi connectivity index (χ1n) is 7.01. The van der Waals surface area contributed by atoms with Gasteiger partial charge in [-0.05, 0) is 18.6 Å². The van der Waals surface area contributed by atoms with Crippen molar-refractivity contribution in [3.63, 3.8) is 0 Å². The van der Waals surface area contributed by atoms with Crippen LogP contribution >= 0.6 is 0 Å². The number of aryl methyl sites for hydroxylation is 1. The fourth-order valence-corrected chi connectivity index (χ4v) is 3.06. The van der Waals surface area contributed by atoms with Crippen molar-refractivity contribution in [2.24, 2.45) is 0 Å². The molecule has 0 bridgehead atoms. The van der Waals surface area contributed by atoms with E-state index in [1.807, 2.05) is 18.2 Å². The summed E-state index contributed by atoms with van der Waals surface area (Å²) < 4.78 is 11.8. The van der Waals surface area contributed by atoms with E-state index in [2.05, 4.69) is 0 Å². The molecule has 22 heavy (non-hydrogen) atoms. The lowest BCUT2D eigenvalue weighted by molar-refractivity contribution is -0.385. The van der Waals surface area contributed by atoms with E-state index in [-0.39, 0.29) is 5.69 Å². The monoisotopic (exact) mass is 299 g/mol. The number of nitro groups is 1. The van der Waals surface area contributed by atoms with Crippen LogP contribution < -0.4 is 9.47 Å². The summed E-state index contributed by atoms with van der Waals surface area (Å²) in [5.41, 5.74) is 1.49. The molecule has 0 unspecified atom stereocenters. The summed E-state index contributed by atoms with van der Waals surface area (Å²) in [6, 6.07) is 11.7. The van der Waals surface area contributed by atoms with E-state index in [9.17, 15) is 15.2 Å². The number of ether oxygens (including phenoxy) is 2. The van der Waals surface area contributed by atoms with E-state index in [1.165, 1.54) is 12.1 Å². The number of rotatable bonds is 1. The number of non-ortho nitro benzene ring substituents is 1. The van der Waals surface area contributed by atoms with Crippen LogP contribution in [0, 0.1) is 10.1 Å². The maximum atomic E-state index is 10.8. The Balaban J connectivity index is 1.70. The van der Waals surface area contributed by atoms with Crippen molar-refractivity contribution in [3.05, 3.63) is 63.7 Å². The third kappa shape index (κ3) is 1.77. The van der Waals surface area contributed by atoms with E-state index in [0.717, 1.165) is 5.56 Å². The summed E-state index contributed by atoms with van der Waals surface area (Å²) in [4.78, 5) is 10.4. The zero-order valence-electron chi connectivity index (χ0n) is 11.6. The van der Waals surface area contributed by atoms with Crippen LogP contribution in [0.2, 0.25) is 0 Å². The predicted molar refractivity (Wildman–Crippen MR) is 76.8 cm³/mol. The van der Waals surface area contributed by atoms with Gasteiger partial charge in [0.15, 0.2) is 6.10 Å². The van der Waals surface area contributed by atoms with Gasteiger partial charge in [0.1, 0.15) is 11.5 Å². The molecule has 2 aromatic carbocycles. The van der Waals surface area contributed by atoms with Crippen molar-refractivity contribution in [2.75, 3.05) is 0 Å². The molecule has 4 rings (SSSR count). The lowest BCUT2D eigenvalue weighted by Gasteiger charge is -2.36. The summed E-state index contributed by atoms with van der Waals surface area (Å²) in [7, 11) is 0. The van der Waals surface area contributed by atoms with Crippen molar-refractivity contribution in [1.29, 1.82) is 0 Å². The SMILES string of the molecule is O=[N+]([O-])c1ccc2c(c1)CC[C@@]1(O2)Oc2ccccc2[C@@H]1O. The molecule has 0 saturated carbocycles. The van der Waals surface area contributed by atoms with Gasteiger partial charge in [0, 0.05) is 29.7 Å². The number of hydrogen-bond acceptors (Lipinski definition) is 5. The lowest BCUT2D eigenvalue weighted by Crippen LogP contribution is -2.46. The number of fused-ring (bicyclic) bond motifs is 2. The third-order valence-electron chi connectivity index (χ3n) is 4.19. The van der Waals surface area contributed by atoms with Gasteiger partial charge in [-0.3, -0.25) is 10.1 Å². The van der Waals surface area contributed by atoms with Gasteiger partial charge < -0.3 is 14.6 Å². The summed E-state index contributed by atoms with van der Waals surface area (Å²) >= 11 is 0. The molecule has 1 N–H and O–H groups in total. The molecule has 0 radical (unpaired) electrons. The Morgan fingerprint density at radius 2 is 1.95 bits per heavy atom. The highest BCUT2D eigenvalue weighted by molar-refractivity contribution is 5.47. The Labute approximate surface area is 126 Å². The molecule has 0 fully saturated rings. The van der Waals surface area contributed by atoms with Crippen LogP contribution in [-0.4, -0.2) is 15.8 Å². The Bertz CT molecular complexity index is 775. The van der Waals surface area contributed by atoms with Crippen molar-refractivity contribution in [1.82, 2.24) is 0 Å². The molecule has 0 aliphatic carbocycles. The Morgan fingerprint density at radius 1 is 1.18 bits per heavy atom. The number of aliphatic hydroxyl groups excluding tert-OH is 1. The highest BCUT2D eigenvalue weighted by Gasteiger charge is 2.52. The van der Waals surface area contributed by atoms with Crippen molar-refractivity contribution in [2.45, 2.75) is 24.7 Å². The maximum absolute atomic E-state index is 10.8. The first-order chi connectivity index (χ1) is 10.6. The summed E-state index contributed by atoms with van der Waals surface area (Å²) in [6.07, 6.45) is 0.0889. The molecular weight excluding hydrogens is 286 g/mol. The second-order valence-electron chi connectivity index (χ2n) is 5.51. The van der Waals surface area contributed by atoms with Crippen molar-refractivity contribution in [3.8, 4) is 11.5 Å².